The molecular formula is C14H22N2O3S. The number of nitrogens with zero attached hydrogens (tertiary/aromatic N) is 1. The van der Waals surface area contributed by atoms with Crippen molar-refractivity contribution in [2.75, 3.05) is 20.2 Å². The number of rotatable bonds is 3. The van der Waals surface area contributed by atoms with E-state index in [0.29, 0.717) is 24.0 Å². The van der Waals surface area contributed by atoms with E-state index in [1.54, 1.807) is 4.90 Å². The van der Waals surface area contributed by atoms with Crippen LogP contribution in [-0.4, -0.2) is 42.0 Å². The van der Waals surface area contributed by atoms with Gasteiger partial charge in [0.15, 0.2) is 0 Å². The second-order valence-corrected chi connectivity index (χ2v) is 6.51. The second kappa shape index (κ2) is 5.68. The topological polar surface area (TPSA) is 72.6 Å². The Balaban J connectivity index is 2.08. The molecule has 2 aliphatic rings. The zero-order valence-electron chi connectivity index (χ0n) is 12.1. The molecule has 0 aromatic heterocycles. The number of amides is 1. The van der Waals surface area contributed by atoms with Gasteiger partial charge in [0.2, 0.25) is 5.91 Å². The first kappa shape index (κ1) is 15.2. The number of ether oxygens (including phenoxy) is 1. The third kappa shape index (κ3) is 2.53. The van der Waals surface area contributed by atoms with E-state index in [1.165, 1.54) is 7.11 Å². The average molecular weight is 298 g/mol. The molecule has 5 nitrogen and oxygen atoms in total. The van der Waals surface area contributed by atoms with E-state index in [1.807, 2.05) is 0 Å². The average Bonchev–Trinajstić information content (AvgIpc) is 2.41. The number of nitrogens with two attached hydrogens (primary N) is 1. The van der Waals surface area contributed by atoms with E-state index < -0.39 is 5.41 Å². The number of piperidine rings is 1. The fourth-order valence-corrected chi connectivity index (χ4v) is 3.69. The van der Waals surface area contributed by atoms with Gasteiger partial charge in [-0.15, -0.1) is 0 Å². The van der Waals surface area contributed by atoms with Crippen LogP contribution in [0.4, 0.5) is 0 Å². The summed E-state index contributed by atoms with van der Waals surface area (Å²) in [4.78, 5) is 26.4. The van der Waals surface area contributed by atoms with Crippen LogP contribution >= 0.6 is 12.2 Å². The van der Waals surface area contributed by atoms with E-state index in [-0.39, 0.29) is 17.8 Å². The van der Waals surface area contributed by atoms with E-state index in [2.05, 4.69) is 6.92 Å². The number of methoxy groups -OCH3 is 1. The molecule has 0 radical (unpaired) electrons. The first-order valence-corrected chi connectivity index (χ1v) is 7.48. The fraction of sp³-hybridized carbons (Fsp3) is 0.786. The van der Waals surface area contributed by atoms with Crippen LogP contribution in [0.1, 0.15) is 32.6 Å². The lowest BCUT2D eigenvalue weighted by atomic mass is 9.61. The molecule has 1 heterocycles. The highest BCUT2D eigenvalue weighted by Crippen LogP contribution is 2.47. The molecule has 0 aromatic carbocycles. The molecule has 1 amide bonds. The molecule has 1 aliphatic carbocycles. The molecule has 0 spiro atoms. The highest BCUT2D eigenvalue weighted by molar-refractivity contribution is 7.80. The Hall–Kier alpha value is -1.17. The number of thiocarbonyl (C=S) groups is 1. The normalized spacial score (nSPS) is 33.2. The fourth-order valence-electron chi connectivity index (χ4n) is 3.43. The standard InChI is InChI=1S/C14H22N2O3S/c1-9-6-14(7-9,12(15)20)13(18)16-5-3-4-10(8-16)11(17)19-2/h9-10H,3-8H2,1-2H3,(H2,15,20). The minimum atomic E-state index is -0.674. The van der Waals surface area contributed by atoms with Crippen LogP contribution < -0.4 is 5.73 Å². The number of esters is 1. The lowest BCUT2D eigenvalue weighted by Gasteiger charge is -2.47. The maximum Gasteiger partial charge on any atom is 0.310 e. The number of hydrogen-bond acceptors (Lipinski definition) is 4. The van der Waals surface area contributed by atoms with Gasteiger partial charge in [-0.2, -0.15) is 0 Å². The van der Waals surface area contributed by atoms with Gasteiger partial charge in [0, 0.05) is 13.1 Å². The predicted molar refractivity (Wildman–Crippen MR) is 78.9 cm³/mol. The van der Waals surface area contributed by atoms with Gasteiger partial charge in [-0.25, -0.2) is 0 Å². The van der Waals surface area contributed by atoms with Gasteiger partial charge in [-0.1, -0.05) is 19.1 Å². The van der Waals surface area contributed by atoms with E-state index >= 15 is 0 Å². The highest BCUT2D eigenvalue weighted by Gasteiger charge is 2.53. The second-order valence-electron chi connectivity index (χ2n) is 6.07. The highest BCUT2D eigenvalue weighted by atomic mass is 32.1. The minimum absolute atomic E-state index is 0.00305. The maximum absolute atomic E-state index is 12.8. The largest absolute Gasteiger partial charge is 0.469 e. The lowest BCUT2D eigenvalue weighted by Crippen LogP contribution is -2.58. The van der Waals surface area contributed by atoms with Crippen LogP contribution in [0.15, 0.2) is 0 Å². The van der Waals surface area contributed by atoms with Gasteiger partial charge < -0.3 is 15.4 Å². The van der Waals surface area contributed by atoms with E-state index in [0.717, 1.165) is 25.7 Å². The molecule has 0 aromatic rings. The first-order valence-electron chi connectivity index (χ1n) is 7.08. The zero-order valence-corrected chi connectivity index (χ0v) is 12.9. The summed E-state index contributed by atoms with van der Waals surface area (Å²) in [5.74, 6) is 0.00537. The molecular weight excluding hydrogens is 276 g/mol. The summed E-state index contributed by atoms with van der Waals surface area (Å²) in [6.07, 6.45) is 3.03. The van der Waals surface area contributed by atoms with Crippen molar-refractivity contribution in [2.45, 2.75) is 32.6 Å². The molecule has 2 N–H and O–H groups in total. The molecule has 1 atom stereocenters. The summed E-state index contributed by atoms with van der Waals surface area (Å²) in [6, 6.07) is 0. The van der Waals surface area contributed by atoms with Crippen molar-refractivity contribution in [3.63, 3.8) is 0 Å². The number of carbonyl (C=O) groups is 2. The number of hydrogen-bond donors (Lipinski definition) is 1. The van der Waals surface area contributed by atoms with Crippen molar-refractivity contribution in [1.82, 2.24) is 4.90 Å². The lowest BCUT2D eigenvalue weighted by molar-refractivity contribution is -0.152. The van der Waals surface area contributed by atoms with E-state index in [9.17, 15) is 9.59 Å². The van der Waals surface area contributed by atoms with Crippen molar-refractivity contribution in [3.05, 3.63) is 0 Å². The quantitative estimate of drug-likeness (QED) is 0.624. The molecule has 6 heteroatoms. The van der Waals surface area contributed by atoms with Crippen molar-refractivity contribution < 1.29 is 14.3 Å². The molecule has 1 aliphatic heterocycles. The summed E-state index contributed by atoms with van der Waals surface area (Å²) >= 11 is 5.12. The van der Waals surface area contributed by atoms with Crippen molar-refractivity contribution in [2.24, 2.45) is 23.0 Å². The third-order valence-electron chi connectivity index (χ3n) is 4.52. The van der Waals surface area contributed by atoms with Crippen molar-refractivity contribution >= 4 is 29.1 Å². The monoisotopic (exact) mass is 298 g/mol. The van der Waals surface area contributed by atoms with Gasteiger partial charge in [0.1, 0.15) is 0 Å². The Kier molecular flexibility index (Phi) is 4.32. The van der Waals surface area contributed by atoms with Gasteiger partial charge in [-0.3, -0.25) is 9.59 Å². The predicted octanol–water partition coefficient (Wildman–Crippen LogP) is 1.10. The minimum Gasteiger partial charge on any atom is -0.469 e. The summed E-state index contributed by atoms with van der Waals surface area (Å²) in [7, 11) is 1.38. The molecule has 112 valence electrons. The van der Waals surface area contributed by atoms with Crippen molar-refractivity contribution in [1.29, 1.82) is 0 Å². The van der Waals surface area contributed by atoms with Gasteiger partial charge in [0.25, 0.3) is 0 Å². The van der Waals surface area contributed by atoms with Gasteiger partial charge >= 0.3 is 5.97 Å². The van der Waals surface area contributed by atoms with Crippen LogP contribution in [0, 0.1) is 17.3 Å². The summed E-state index contributed by atoms with van der Waals surface area (Å²) < 4.78 is 4.78. The molecule has 0 bridgehead atoms. The summed E-state index contributed by atoms with van der Waals surface area (Å²) in [5.41, 5.74) is 5.14. The van der Waals surface area contributed by atoms with Crippen molar-refractivity contribution in [3.8, 4) is 0 Å². The van der Waals surface area contributed by atoms with Crippen LogP contribution in [0.2, 0.25) is 0 Å². The molecule has 1 unspecified atom stereocenters. The van der Waals surface area contributed by atoms with Crippen LogP contribution in [-0.2, 0) is 14.3 Å². The SMILES string of the molecule is COC(=O)C1CCCN(C(=O)C2(C(N)=S)CC(C)C2)C1. The Bertz CT molecular complexity index is 432. The van der Waals surface area contributed by atoms with Crippen LogP contribution in [0.25, 0.3) is 0 Å². The van der Waals surface area contributed by atoms with Gasteiger partial charge in [0.05, 0.1) is 23.4 Å². The molecule has 2 fully saturated rings. The molecule has 1 saturated heterocycles. The Labute approximate surface area is 124 Å². The van der Waals surface area contributed by atoms with Crippen LogP contribution in [0.3, 0.4) is 0 Å². The Morgan fingerprint density at radius 2 is 2.05 bits per heavy atom. The number of likely N-dealkylation sites (tertiary alicyclic amines) is 1. The smallest absolute Gasteiger partial charge is 0.310 e. The number of carbonyl (C=O) groups excluding carboxylic acids is 2. The third-order valence-corrected chi connectivity index (χ3v) is 4.91. The maximum atomic E-state index is 12.8. The van der Waals surface area contributed by atoms with Gasteiger partial charge in [-0.05, 0) is 31.6 Å². The Morgan fingerprint density at radius 1 is 1.40 bits per heavy atom. The van der Waals surface area contributed by atoms with Crippen LogP contribution in [0.5, 0.6) is 0 Å². The first-order chi connectivity index (χ1) is 9.40. The summed E-state index contributed by atoms with van der Waals surface area (Å²) in [6.45, 7) is 3.19. The Morgan fingerprint density at radius 3 is 2.55 bits per heavy atom. The van der Waals surface area contributed by atoms with E-state index in [4.69, 9.17) is 22.7 Å². The summed E-state index contributed by atoms with van der Waals surface area (Å²) in [5, 5.41) is 0. The molecule has 2 rings (SSSR count). The zero-order chi connectivity index (χ0) is 14.9. The molecule has 1 saturated carbocycles. The molecule has 20 heavy (non-hydrogen) atoms.